The third-order valence-electron chi connectivity index (χ3n) is 3.22. The van der Waals surface area contributed by atoms with E-state index in [0.717, 1.165) is 32.0 Å². The van der Waals surface area contributed by atoms with E-state index in [2.05, 4.69) is 27.1 Å². The molecule has 0 amide bonds. The SMILES string of the molecule is CNCC1(C)CCN(Cc2ncccn2)C1. The zero-order valence-electron chi connectivity index (χ0n) is 10.1. The molecule has 16 heavy (non-hydrogen) atoms. The fourth-order valence-electron chi connectivity index (χ4n) is 2.44. The lowest BCUT2D eigenvalue weighted by Gasteiger charge is -2.23. The Morgan fingerprint density at radius 2 is 2.19 bits per heavy atom. The van der Waals surface area contributed by atoms with Gasteiger partial charge in [0.15, 0.2) is 0 Å². The van der Waals surface area contributed by atoms with E-state index in [0.29, 0.717) is 5.41 Å². The van der Waals surface area contributed by atoms with Crippen LogP contribution in [0.25, 0.3) is 0 Å². The fourth-order valence-corrected chi connectivity index (χ4v) is 2.44. The van der Waals surface area contributed by atoms with Crippen LogP contribution in [-0.2, 0) is 6.54 Å². The fraction of sp³-hybridized carbons (Fsp3) is 0.667. The molecule has 4 nitrogen and oxygen atoms in total. The van der Waals surface area contributed by atoms with Crippen molar-refractivity contribution in [2.24, 2.45) is 5.41 Å². The Balaban J connectivity index is 1.90. The highest BCUT2D eigenvalue weighted by Crippen LogP contribution is 2.29. The summed E-state index contributed by atoms with van der Waals surface area (Å²) in [4.78, 5) is 11.0. The van der Waals surface area contributed by atoms with E-state index >= 15 is 0 Å². The van der Waals surface area contributed by atoms with Crippen molar-refractivity contribution in [3.05, 3.63) is 24.3 Å². The van der Waals surface area contributed by atoms with E-state index in [1.54, 1.807) is 0 Å². The highest BCUT2D eigenvalue weighted by Gasteiger charge is 2.33. The van der Waals surface area contributed by atoms with E-state index in [9.17, 15) is 0 Å². The first-order chi connectivity index (χ1) is 7.72. The van der Waals surface area contributed by atoms with E-state index in [1.165, 1.54) is 6.42 Å². The first kappa shape index (κ1) is 11.5. The molecule has 1 atom stereocenters. The zero-order valence-corrected chi connectivity index (χ0v) is 10.1. The number of rotatable bonds is 4. The summed E-state index contributed by atoms with van der Waals surface area (Å²) < 4.78 is 0. The topological polar surface area (TPSA) is 41.0 Å². The van der Waals surface area contributed by atoms with Crippen LogP contribution >= 0.6 is 0 Å². The lowest BCUT2D eigenvalue weighted by atomic mass is 9.90. The normalized spacial score (nSPS) is 26.1. The Kier molecular flexibility index (Phi) is 3.51. The smallest absolute Gasteiger partial charge is 0.142 e. The van der Waals surface area contributed by atoms with Gasteiger partial charge in [0.25, 0.3) is 0 Å². The van der Waals surface area contributed by atoms with Crippen LogP contribution in [0.5, 0.6) is 0 Å². The van der Waals surface area contributed by atoms with Gasteiger partial charge < -0.3 is 5.32 Å². The minimum absolute atomic E-state index is 0.406. The third kappa shape index (κ3) is 2.77. The summed E-state index contributed by atoms with van der Waals surface area (Å²) in [7, 11) is 2.02. The lowest BCUT2D eigenvalue weighted by Crippen LogP contribution is -2.33. The molecule has 0 aliphatic carbocycles. The molecule has 4 heteroatoms. The number of nitrogens with zero attached hydrogens (tertiary/aromatic N) is 3. The summed E-state index contributed by atoms with van der Waals surface area (Å²) in [5.41, 5.74) is 0.406. The van der Waals surface area contributed by atoms with Gasteiger partial charge in [-0.25, -0.2) is 9.97 Å². The maximum atomic E-state index is 4.27. The van der Waals surface area contributed by atoms with Crippen LogP contribution in [-0.4, -0.2) is 41.5 Å². The Hall–Kier alpha value is -1.00. The maximum absolute atomic E-state index is 4.27. The molecule has 1 aliphatic heterocycles. The van der Waals surface area contributed by atoms with E-state index in [1.807, 2.05) is 25.5 Å². The zero-order chi connectivity index (χ0) is 11.4. The monoisotopic (exact) mass is 220 g/mol. The van der Waals surface area contributed by atoms with Crippen molar-refractivity contribution < 1.29 is 0 Å². The average Bonchev–Trinajstić information content (AvgIpc) is 2.62. The van der Waals surface area contributed by atoms with Gasteiger partial charge in [-0.15, -0.1) is 0 Å². The maximum Gasteiger partial charge on any atom is 0.142 e. The van der Waals surface area contributed by atoms with Crippen molar-refractivity contribution in [2.75, 3.05) is 26.7 Å². The Labute approximate surface area is 97.1 Å². The van der Waals surface area contributed by atoms with Crippen LogP contribution < -0.4 is 5.32 Å². The molecule has 0 aromatic carbocycles. The summed E-state index contributed by atoms with van der Waals surface area (Å²) in [6.07, 6.45) is 4.87. The Morgan fingerprint density at radius 1 is 1.44 bits per heavy atom. The van der Waals surface area contributed by atoms with E-state index in [-0.39, 0.29) is 0 Å². The summed E-state index contributed by atoms with van der Waals surface area (Å²) in [5.74, 6) is 0.927. The molecule has 1 aromatic heterocycles. The molecule has 0 saturated carbocycles. The van der Waals surface area contributed by atoms with Gasteiger partial charge in [0.2, 0.25) is 0 Å². The molecule has 1 N–H and O–H groups in total. The van der Waals surface area contributed by atoms with Gasteiger partial charge in [0, 0.05) is 25.5 Å². The van der Waals surface area contributed by atoms with Crippen molar-refractivity contribution >= 4 is 0 Å². The second-order valence-corrected chi connectivity index (χ2v) is 4.97. The average molecular weight is 220 g/mol. The first-order valence-electron chi connectivity index (χ1n) is 5.85. The molecule has 2 rings (SSSR count). The van der Waals surface area contributed by atoms with Gasteiger partial charge in [-0.3, -0.25) is 4.90 Å². The number of likely N-dealkylation sites (tertiary alicyclic amines) is 1. The molecular weight excluding hydrogens is 200 g/mol. The third-order valence-corrected chi connectivity index (χ3v) is 3.22. The van der Waals surface area contributed by atoms with Gasteiger partial charge >= 0.3 is 0 Å². The van der Waals surface area contributed by atoms with Crippen LogP contribution in [0.4, 0.5) is 0 Å². The largest absolute Gasteiger partial charge is 0.319 e. The van der Waals surface area contributed by atoms with Crippen LogP contribution in [0.2, 0.25) is 0 Å². The molecule has 1 unspecified atom stereocenters. The standard InChI is InChI=1S/C12H20N4/c1-12(9-13-2)4-7-16(10-12)8-11-14-5-3-6-15-11/h3,5-6,13H,4,7-10H2,1-2H3. The van der Waals surface area contributed by atoms with E-state index in [4.69, 9.17) is 0 Å². The second kappa shape index (κ2) is 4.89. The second-order valence-electron chi connectivity index (χ2n) is 4.97. The quantitative estimate of drug-likeness (QED) is 0.819. The molecule has 2 heterocycles. The Bertz CT molecular complexity index is 327. The van der Waals surface area contributed by atoms with Gasteiger partial charge in [-0.2, -0.15) is 0 Å². The van der Waals surface area contributed by atoms with Crippen LogP contribution in [0.1, 0.15) is 19.2 Å². The molecule has 0 spiro atoms. The van der Waals surface area contributed by atoms with Crippen molar-refractivity contribution in [1.82, 2.24) is 20.2 Å². The molecule has 1 fully saturated rings. The summed E-state index contributed by atoms with van der Waals surface area (Å²) in [6.45, 7) is 6.58. The van der Waals surface area contributed by atoms with Crippen molar-refractivity contribution in [1.29, 1.82) is 0 Å². The number of aromatic nitrogens is 2. The van der Waals surface area contributed by atoms with Gasteiger partial charge in [0.1, 0.15) is 5.82 Å². The highest BCUT2D eigenvalue weighted by atomic mass is 15.2. The number of nitrogens with one attached hydrogen (secondary N) is 1. The molecular formula is C12H20N4. The summed E-state index contributed by atoms with van der Waals surface area (Å²) in [6, 6.07) is 1.86. The van der Waals surface area contributed by atoms with Gasteiger partial charge in [-0.05, 0) is 31.5 Å². The molecule has 1 aliphatic rings. The van der Waals surface area contributed by atoms with Crippen LogP contribution in [0, 0.1) is 5.41 Å². The minimum atomic E-state index is 0.406. The first-order valence-corrected chi connectivity index (χ1v) is 5.85. The summed E-state index contributed by atoms with van der Waals surface area (Å²) >= 11 is 0. The molecule has 88 valence electrons. The Morgan fingerprint density at radius 3 is 2.88 bits per heavy atom. The molecule has 0 radical (unpaired) electrons. The number of hydrogen-bond acceptors (Lipinski definition) is 4. The van der Waals surface area contributed by atoms with Gasteiger partial charge in [-0.1, -0.05) is 6.92 Å². The van der Waals surface area contributed by atoms with E-state index < -0.39 is 0 Å². The predicted molar refractivity (Wildman–Crippen MR) is 64.0 cm³/mol. The minimum Gasteiger partial charge on any atom is -0.319 e. The predicted octanol–water partition coefficient (Wildman–Crippen LogP) is 0.908. The van der Waals surface area contributed by atoms with Crippen molar-refractivity contribution in [3.63, 3.8) is 0 Å². The van der Waals surface area contributed by atoms with Crippen molar-refractivity contribution in [3.8, 4) is 0 Å². The highest BCUT2D eigenvalue weighted by molar-refractivity contribution is 4.93. The number of hydrogen-bond donors (Lipinski definition) is 1. The molecule has 1 saturated heterocycles. The molecule has 1 aromatic rings. The molecule has 0 bridgehead atoms. The van der Waals surface area contributed by atoms with Crippen molar-refractivity contribution in [2.45, 2.75) is 19.9 Å². The van der Waals surface area contributed by atoms with Gasteiger partial charge in [0.05, 0.1) is 6.54 Å². The summed E-state index contributed by atoms with van der Waals surface area (Å²) in [5, 5.41) is 3.28. The van der Waals surface area contributed by atoms with Crippen LogP contribution in [0.3, 0.4) is 0 Å². The van der Waals surface area contributed by atoms with Crippen LogP contribution in [0.15, 0.2) is 18.5 Å². The lowest BCUT2D eigenvalue weighted by molar-refractivity contribution is 0.261.